The minimum absolute atomic E-state index is 0.128. The van der Waals surface area contributed by atoms with Gasteiger partial charge in [0.15, 0.2) is 0 Å². The van der Waals surface area contributed by atoms with Gasteiger partial charge in [0.1, 0.15) is 15.8 Å². The van der Waals surface area contributed by atoms with E-state index >= 15 is 0 Å². The number of ketones is 1. The van der Waals surface area contributed by atoms with Crippen LogP contribution in [0.1, 0.15) is 36.4 Å². The number of hydrogen-bond acceptors (Lipinski definition) is 7. The first-order valence-corrected chi connectivity index (χ1v) is 10.0. The molecule has 1 aliphatic carbocycles. The fraction of sp³-hybridized carbons (Fsp3) is 0.450. The largest absolute Gasteiger partial charge is 0.381 e. The van der Waals surface area contributed by atoms with E-state index in [0.717, 1.165) is 57.9 Å². The first-order chi connectivity index (χ1) is 13.1. The van der Waals surface area contributed by atoms with Crippen LogP contribution in [0, 0.1) is 12.8 Å². The van der Waals surface area contributed by atoms with Crippen molar-refractivity contribution in [1.29, 1.82) is 0 Å². The Morgan fingerprint density at radius 2 is 1.96 bits per heavy atom. The summed E-state index contributed by atoms with van der Waals surface area (Å²) in [5.74, 6) is 0.406. The first kappa shape index (κ1) is 18.1. The Morgan fingerprint density at radius 1 is 1.15 bits per heavy atom. The lowest BCUT2D eigenvalue weighted by Gasteiger charge is -2.26. The molecule has 0 aliphatic heterocycles. The predicted octanol–water partition coefficient (Wildman–Crippen LogP) is 3.77. The van der Waals surface area contributed by atoms with Crippen LogP contribution in [0.15, 0.2) is 24.5 Å². The van der Waals surface area contributed by atoms with Crippen molar-refractivity contribution < 1.29 is 9.53 Å². The number of aryl methyl sites for hydroxylation is 1. The van der Waals surface area contributed by atoms with Crippen LogP contribution < -0.4 is 0 Å². The summed E-state index contributed by atoms with van der Waals surface area (Å²) < 4.78 is 5.40. The molecule has 0 radical (unpaired) electrons. The van der Waals surface area contributed by atoms with Crippen LogP contribution in [0.5, 0.6) is 0 Å². The second-order valence-electron chi connectivity index (χ2n) is 7.07. The van der Waals surface area contributed by atoms with Crippen LogP contribution in [0.3, 0.4) is 0 Å². The van der Waals surface area contributed by atoms with Gasteiger partial charge in [-0.2, -0.15) is 0 Å². The third kappa shape index (κ3) is 4.04. The fourth-order valence-electron chi connectivity index (χ4n) is 3.65. The van der Waals surface area contributed by atoms with Gasteiger partial charge in [-0.1, -0.05) is 11.3 Å². The third-order valence-corrected chi connectivity index (χ3v) is 6.10. The Balaban J connectivity index is 1.51. The Labute approximate surface area is 162 Å². The molecule has 0 saturated heterocycles. The molecular formula is C20H22N4O2S. The minimum Gasteiger partial charge on any atom is -0.381 e. The zero-order valence-corrected chi connectivity index (χ0v) is 16.3. The molecule has 0 atom stereocenters. The zero-order chi connectivity index (χ0) is 18.8. The monoisotopic (exact) mass is 382 g/mol. The summed E-state index contributed by atoms with van der Waals surface area (Å²) in [7, 11) is 1.75. The van der Waals surface area contributed by atoms with E-state index in [4.69, 9.17) is 4.74 Å². The number of Topliss-reactive ketones (excluding diaryl/α,β-unsaturated/α-hetero) is 1. The average molecular weight is 382 g/mol. The molecule has 140 valence electrons. The number of methoxy groups -OCH3 is 1. The van der Waals surface area contributed by atoms with E-state index < -0.39 is 0 Å². The van der Waals surface area contributed by atoms with E-state index in [-0.39, 0.29) is 11.7 Å². The van der Waals surface area contributed by atoms with Gasteiger partial charge in [-0.3, -0.25) is 14.8 Å². The van der Waals surface area contributed by atoms with Crippen LogP contribution in [0.4, 0.5) is 0 Å². The molecular weight excluding hydrogens is 360 g/mol. The Morgan fingerprint density at radius 3 is 2.67 bits per heavy atom. The molecule has 0 unspecified atom stereocenters. The second-order valence-corrected chi connectivity index (χ2v) is 8.25. The number of nitrogens with zero attached hydrogens (tertiary/aromatic N) is 4. The number of pyridine rings is 2. The molecule has 0 N–H and O–H groups in total. The molecule has 4 rings (SSSR count). The Hall–Kier alpha value is -2.25. The molecule has 1 saturated carbocycles. The Bertz CT molecular complexity index is 964. The van der Waals surface area contributed by atoms with Crippen molar-refractivity contribution in [2.45, 2.75) is 45.1 Å². The average Bonchev–Trinajstić information content (AvgIpc) is 3.14. The molecule has 1 aliphatic rings. The van der Waals surface area contributed by atoms with Gasteiger partial charge in [-0.15, -0.1) is 10.2 Å². The van der Waals surface area contributed by atoms with Crippen LogP contribution in [-0.4, -0.2) is 39.2 Å². The van der Waals surface area contributed by atoms with Gasteiger partial charge in [0.25, 0.3) is 0 Å². The van der Waals surface area contributed by atoms with E-state index in [0.29, 0.717) is 12.5 Å². The molecule has 27 heavy (non-hydrogen) atoms. The summed E-state index contributed by atoms with van der Waals surface area (Å²) in [5.41, 5.74) is 2.56. The van der Waals surface area contributed by atoms with Crippen molar-refractivity contribution in [3.8, 4) is 10.6 Å². The van der Waals surface area contributed by atoms with Crippen molar-refractivity contribution in [3.05, 3.63) is 35.2 Å². The van der Waals surface area contributed by atoms with Crippen molar-refractivity contribution in [1.82, 2.24) is 20.2 Å². The number of rotatable bonds is 5. The van der Waals surface area contributed by atoms with Gasteiger partial charge in [-0.25, -0.2) is 0 Å². The lowest BCUT2D eigenvalue weighted by molar-refractivity contribution is -0.124. The molecule has 1 fully saturated rings. The van der Waals surface area contributed by atoms with Crippen LogP contribution in [-0.2, 0) is 16.0 Å². The standard InChI is InChI=1S/C20H22N4O2S/c1-12-23-24-20(27-12)15-7-14-8-16(21-11-18(14)22-10-15)9-19(25)13-3-5-17(26-2)6-4-13/h7-8,10-11,13,17H,3-6,9H2,1-2H3. The maximum atomic E-state index is 12.7. The maximum Gasteiger partial charge on any atom is 0.149 e. The highest BCUT2D eigenvalue weighted by atomic mass is 32.1. The molecule has 6 nitrogen and oxygen atoms in total. The van der Waals surface area contributed by atoms with E-state index in [1.54, 1.807) is 30.8 Å². The maximum absolute atomic E-state index is 12.7. The lowest BCUT2D eigenvalue weighted by Crippen LogP contribution is -2.26. The molecule has 0 aromatic carbocycles. The van der Waals surface area contributed by atoms with Gasteiger partial charge < -0.3 is 4.74 Å². The molecule has 0 spiro atoms. The van der Waals surface area contributed by atoms with E-state index in [2.05, 4.69) is 20.2 Å². The van der Waals surface area contributed by atoms with E-state index in [9.17, 15) is 4.79 Å². The molecule has 7 heteroatoms. The van der Waals surface area contributed by atoms with Gasteiger partial charge in [-0.05, 0) is 44.7 Å². The number of fused-ring (bicyclic) bond motifs is 1. The van der Waals surface area contributed by atoms with Crippen molar-refractivity contribution >= 4 is 28.0 Å². The van der Waals surface area contributed by atoms with Gasteiger partial charge in [0, 0.05) is 42.3 Å². The van der Waals surface area contributed by atoms with Crippen molar-refractivity contribution in [2.75, 3.05) is 7.11 Å². The highest BCUT2D eigenvalue weighted by Gasteiger charge is 2.26. The van der Waals surface area contributed by atoms with Gasteiger partial charge >= 0.3 is 0 Å². The summed E-state index contributed by atoms with van der Waals surface area (Å²) in [6.07, 6.45) is 7.97. The SMILES string of the molecule is COC1CCC(C(=O)Cc2cc3cc(-c4nnc(C)s4)cnc3cn2)CC1. The number of carbonyl (C=O) groups excluding carboxylic acids is 1. The van der Waals surface area contributed by atoms with Gasteiger partial charge in [0.2, 0.25) is 0 Å². The first-order valence-electron chi connectivity index (χ1n) is 9.23. The summed E-state index contributed by atoms with van der Waals surface area (Å²) in [6.45, 7) is 1.93. The lowest BCUT2D eigenvalue weighted by atomic mass is 9.83. The van der Waals surface area contributed by atoms with Crippen LogP contribution in [0.25, 0.3) is 21.5 Å². The number of aromatic nitrogens is 4. The molecule has 3 aromatic rings. The van der Waals surface area contributed by atoms with Crippen molar-refractivity contribution in [3.63, 3.8) is 0 Å². The highest BCUT2D eigenvalue weighted by Crippen LogP contribution is 2.28. The fourth-order valence-corrected chi connectivity index (χ4v) is 4.32. The second kappa shape index (κ2) is 7.78. The van der Waals surface area contributed by atoms with Crippen molar-refractivity contribution in [2.24, 2.45) is 5.92 Å². The highest BCUT2D eigenvalue weighted by molar-refractivity contribution is 7.14. The molecule has 0 bridgehead atoms. The summed E-state index contributed by atoms with van der Waals surface area (Å²) in [5, 5.41) is 11.0. The molecule has 3 heterocycles. The number of ether oxygens (including phenoxy) is 1. The summed E-state index contributed by atoms with van der Waals surface area (Å²) in [4.78, 5) is 21.6. The zero-order valence-electron chi connectivity index (χ0n) is 15.5. The summed E-state index contributed by atoms with van der Waals surface area (Å²) >= 11 is 1.54. The predicted molar refractivity (Wildman–Crippen MR) is 105 cm³/mol. The van der Waals surface area contributed by atoms with Gasteiger partial charge in [0.05, 0.1) is 17.8 Å². The Kier molecular flexibility index (Phi) is 5.22. The van der Waals surface area contributed by atoms with E-state index in [1.807, 2.05) is 19.1 Å². The normalized spacial score (nSPS) is 20.1. The minimum atomic E-state index is 0.128. The summed E-state index contributed by atoms with van der Waals surface area (Å²) in [6, 6.07) is 4.01. The quantitative estimate of drug-likeness (QED) is 0.668. The molecule has 0 amide bonds. The smallest absolute Gasteiger partial charge is 0.149 e. The third-order valence-electron chi connectivity index (χ3n) is 5.22. The van der Waals surface area contributed by atoms with E-state index in [1.165, 1.54) is 0 Å². The number of carbonyl (C=O) groups is 1. The number of hydrogen-bond donors (Lipinski definition) is 0. The van der Waals surface area contributed by atoms with Crippen LogP contribution >= 0.6 is 11.3 Å². The molecule has 3 aromatic heterocycles. The van der Waals surface area contributed by atoms with Crippen LogP contribution in [0.2, 0.25) is 0 Å². The topological polar surface area (TPSA) is 77.9 Å².